The Morgan fingerprint density at radius 2 is 1.53 bits per heavy atom. The van der Waals surface area contributed by atoms with Crippen molar-refractivity contribution in [2.75, 3.05) is 5.75 Å². The van der Waals surface area contributed by atoms with Crippen LogP contribution in [0.15, 0.2) is 12.2 Å². The minimum absolute atomic E-state index is 0.359. The molecule has 0 bridgehead atoms. The van der Waals surface area contributed by atoms with E-state index in [4.69, 9.17) is 0 Å². The van der Waals surface area contributed by atoms with Crippen molar-refractivity contribution in [1.29, 1.82) is 0 Å². The lowest BCUT2D eigenvalue weighted by Gasteiger charge is -2.28. The standard InChI is InChI=1S/C14H28S/c1-8-14(7,9-2)10-12(3)11-15-13(4,5)6/h3,8-11H2,1-2,4-7H3. The minimum atomic E-state index is 0.359. The van der Waals surface area contributed by atoms with Gasteiger partial charge in [0.1, 0.15) is 0 Å². The van der Waals surface area contributed by atoms with Crippen molar-refractivity contribution in [3.8, 4) is 0 Å². The fourth-order valence-electron chi connectivity index (χ4n) is 1.47. The Morgan fingerprint density at radius 3 is 1.87 bits per heavy atom. The molecule has 0 aliphatic heterocycles. The number of hydrogen-bond acceptors (Lipinski definition) is 1. The molecule has 0 saturated carbocycles. The molecule has 0 saturated heterocycles. The minimum Gasteiger partial charge on any atom is -0.152 e. The van der Waals surface area contributed by atoms with E-state index < -0.39 is 0 Å². The van der Waals surface area contributed by atoms with Crippen LogP contribution in [0.5, 0.6) is 0 Å². The lowest BCUT2D eigenvalue weighted by atomic mass is 9.79. The molecule has 0 N–H and O–H groups in total. The lowest BCUT2D eigenvalue weighted by molar-refractivity contribution is 0.296. The van der Waals surface area contributed by atoms with Crippen LogP contribution in [-0.2, 0) is 0 Å². The third-order valence-electron chi connectivity index (χ3n) is 3.09. The van der Waals surface area contributed by atoms with Crippen LogP contribution in [0.1, 0.15) is 60.8 Å². The average Bonchev–Trinajstić information content (AvgIpc) is 2.13. The first-order chi connectivity index (χ1) is 6.72. The van der Waals surface area contributed by atoms with Gasteiger partial charge in [-0.2, -0.15) is 11.8 Å². The van der Waals surface area contributed by atoms with Crippen LogP contribution < -0.4 is 0 Å². The van der Waals surface area contributed by atoms with Crippen molar-refractivity contribution in [3.05, 3.63) is 12.2 Å². The van der Waals surface area contributed by atoms with Crippen LogP contribution in [0.3, 0.4) is 0 Å². The molecule has 0 atom stereocenters. The van der Waals surface area contributed by atoms with Crippen LogP contribution in [0.25, 0.3) is 0 Å². The molecule has 0 aliphatic carbocycles. The SMILES string of the molecule is C=C(CSC(C)(C)C)CC(C)(CC)CC. The molecular formula is C14H28S. The maximum Gasteiger partial charge on any atom is 0.0146 e. The molecule has 0 fully saturated rings. The van der Waals surface area contributed by atoms with Gasteiger partial charge in [-0.1, -0.05) is 66.5 Å². The summed E-state index contributed by atoms with van der Waals surface area (Å²) in [6.07, 6.45) is 3.69. The maximum atomic E-state index is 4.22. The van der Waals surface area contributed by atoms with Crippen LogP contribution >= 0.6 is 11.8 Å². The summed E-state index contributed by atoms with van der Waals surface area (Å²) in [6, 6.07) is 0. The third kappa shape index (κ3) is 7.05. The van der Waals surface area contributed by atoms with Crippen molar-refractivity contribution in [1.82, 2.24) is 0 Å². The second-order valence-corrected chi connectivity index (χ2v) is 7.65. The van der Waals surface area contributed by atoms with Gasteiger partial charge in [0, 0.05) is 10.5 Å². The summed E-state index contributed by atoms with van der Waals surface area (Å²) in [6.45, 7) is 18.0. The fourth-order valence-corrected chi connectivity index (χ4v) is 2.21. The van der Waals surface area contributed by atoms with Gasteiger partial charge >= 0.3 is 0 Å². The monoisotopic (exact) mass is 228 g/mol. The second-order valence-electron chi connectivity index (χ2n) is 5.85. The molecule has 0 aromatic rings. The molecule has 90 valence electrons. The summed E-state index contributed by atoms with van der Waals surface area (Å²) >= 11 is 2.00. The number of thioether (sulfide) groups is 1. The molecule has 0 unspecified atom stereocenters. The Labute approximate surface area is 101 Å². The van der Waals surface area contributed by atoms with Crippen molar-refractivity contribution < 1.29 is 0 Å². The van der Waals surface area contributed by atoms with Gasteiger partial charge in [-0.25, -0.2) is 0 Å². The van der Waals surface area contributed by atoms with Crippen molar-refractivity contribution >= 4 is 11.8 Å². The Hall–Kier alpha value is 0.0900. The Morgan fingerprint density at radius 1 is 1.07 bits per heavy atom. The average molecular weight is 228 g/mol. The van der Waals surface area contributed by atoms with Gasteiger partial charge in [-0.3, -0.25) is 0 Å². The summed E-state index contributed by atoms with van der Waals surface area (Å²) < 4.78 is 0.359. The van der Waals surface area contributed by atoms with Gasteiger partial charge in [0.2, 0.25) is 0 Å². The zero-order valence-electron chi connectivity index (χ0n) is 11.4. The molecule has 0 nitrogen and oxygen atoms in total. The predicted octanol–water partition coefficient (Wildman–Crippen LogP) is 5.29. The van der Waals surface area contributed by atoms with Gasteiger partial charge < -0.3 is 0 Å². The Balaban J connectivity index is 4.04. The zero-order valence-corrected chi connectivity index (χ0v) is 12.3. The number of rotatable bonds is 6. The topological polar surface area (TPSA) is 0 Å². The summed E-state index contributed by atoms with van der Waals surface area (Å²) in [5.41, 5.74) is 1.87. The highest BCUT2D eigenvalue weighted by molar-refractivity contribution is 8.00. The molecule has 0 spiro atoms. The quantitative estimate of drug-likeness (QED) is 0.557. The van der Waals surface area contributed by atoms with Gasteiger partial charge in [0.25, 0.3) is 0 Å². The van der Waals surface area contributed by atoms with E-state index in [1.54, 1.807) is 0 Å². The van der Waals surface area contributed by atoms with E-state index in [2.05, 4.69) is 48.1 Å². The van der Waals surface area contributed by atoms with E-state index in [0.717, 1.165) is 5.75 Å². The van der Waals surface area contributed by atoms with Gasteiger partial charge in [-0.15, -0.1) is 0 Å². The number of hydrogen-bond donors (Lipinski definition) is 0. The van der Waals surface area contributed by atoms with E-state index in [0.29, 0.717) is 10.2 Å². The van der Waals surface area contributed by atoms with Crippen LogP contribution in [0.2, 0.25) is 0 Å². The fraction of sp³-hybridized carbons (Fsp3) is 0.857. The van der Waals surface area contributed by atoms with Crippen LogP contribution in [-0.4, -0.2) is 10.5 Å². The van der Waals surface area contributed by atoms with E-state index in [1.165, 1.54) is 24.8 Å². The molecule has 0 radical (unpaired) electrons. The molecule has 0 heterocycles. The van der Waals surface area contributed by atoms with Crippen molar-refractivity contribution in [3.63, 3.8) is 0 Å². The van der Waals surface area contributed by atoms with Crippen molar-refractivity contribution in [2.24, 2.45) is 5.41 Å². The first-order valence-electron chi connectivity index (χ1n) is 6.03. The normalized spacial score (nSPS) is 12.9. The molecule has 1 heteroatoms. The summed E-state index contributed by atoms with van der Waals surface area (Å²) in [5, 5.41) is 0. The largest absolute Gasteiger partial charge is 0.152 e. The highest BCUT2D eigenvalue weighted by Gasteiger charge is 2.21. The molecule has 0 aliphatic rings. The zero-order chi connectivity index (χ0) is 12.1. The lowest BCUT2D eigenvalue weighted by Crippen LogP contribution is -2.16. The Bertz CT molecular complexity index is 194. The summed E-state index contributed by atoms with van der Waals surface area (Å²) in [4.78, 5) is 0. The molecule has 0 rings (SSSR count). The summed E-state index contributed by atoms with van der Waals surface area (Å²) in [5.74, 6) is 1.11. The highest BCUT2D eigenvalue weighted by Crippen LogP contribution is 2.35. The van der Waals surface area contributed by atoms with Crippen molar-refractivity contribution in [2.45, 2.75) is 65.6 Å². The van der Waals surface area contributed by atoms with Gasteiger partial charge in [0.15, 0.2) is 0 Å². The van der Waals surface area contributed by atoms with E-state index in [9.17, 15) is 0 Å². The van der Waals surface area contributed by atoms with Gasteiger partial charge in [-0.05, 0) is 11.8 Å². The van der Waals surface area contributed by atoms with Gasteiger partial charge in [0.05, 0.1) is 0 Å². The third-order valence-corrected chi connectivity index (χ3v) is 4.51. The molecule has 0 aromatic carbocycles. The van der Waals surface area contributed by atoms with E-state index in [1.807, 2.05) is 11.8 Å². The Kier molecular flexibility index (Phi) is 6.02. The highest BCUT2D eigenvalue weighted by atomic mass is 32.2. The predicted molar refractivity (Wildman–Crippen MR) is 74.7 cm³/mol. The van der Waals surface area contributed by atoms with E-state index >= 15 is 0 Å². The second kappa shape index (κ2) is 5.98. The first-order valence-corrected chi connectivity index (χ1v) is 7.01. The van der Waals surface area contributed by atoms with Crippen LogP contribution in [0, 0.1) is 5.41 Å². The van der Waals surface area contributed by atoms with Crippen LogP contribution in [0.4, 0.5) is 0 Å². The smallest absolute Gasteiger partial charge is 0.0146 e. The molecule has 0 amide bonds. The molecular weight excluding hydrogens is 200 g/mol. The molecule has 15 heavy (non-hydrogen) atoms. The summed E-state index contributed by atoms with van der Waals surface area (Å²) in [7, 11) is 0. The molecule has 0 aromatic heterocycles. The maximum absolute atomic E-state index is 4.22. The first kappa shape index (κ1) is 15.1. The van der Waals surface area contributed by atoms with E-state index in [-0.39, 0.29) is 0 Å².